The van der Waals surface area contributed by atoms with Crippen molar-refractivity contribution in [1.82, 2.24) is 4.90 Å². The Labute approximate surface area is 101 Å². The van der Waals surface area contributed by atoms with Crippen LogP contribution in [0, 0.1) is 17.2 Å². The van der Waals surface area contributed by atoms with Gasteiger partial charge in [-0.25, -0.2) is 0 Å². The Balaban J connectivity index is 2.07. The van der Waals surface area contributed by atoms with Crippen LogP contribution in [0.25, 0.3) is 0 Å². The Morgan fingerprint density at radius 3 is 2.94 bits per heavy atom. The lowest BCUT2D eigenvalue weighted by atomic mass is 10.1. The second-order valence-corrected chi connectivity index (χ2v) is 4.37. The number of hydrogen-bond acceptors (Lipinski definition) is 3. The first-order valence-corrected chi connectivity index (χ1v) is 5.98. The van der Waals surface area contributed by atoms with Crippen molar-refractivity contribution in [1.29, 1.82) is 5.26 Å². The summed E-state index contributed by atoms with van der Waals surface area (Å²) < 4.78 is 5.26. The lowest BCUT2D eigenvalue weighted by Crippen LogP contribution is -2.36. The molecule has 1 unspecified atom stereocenters. The van der Waals surface area contributed by atoms with Crippen LogP contribution >= 0.6 is 0 Å². The fourth-order valence-electron chi connectivity index (χ4n) is 1.86. The molecule has 0 saturated heterocycles. The van der Waals surface area contributed by atoms with Gasteiger partial charge in [-0.3, -0.25) is 4.79 Å². The summed E-state index contributed by atoms with van der Waals surface area (Å²) in [6, 6.07) is 6.04. The van der Waals surface area contributed by atoms with E-state index in [9.17, 15) is 4.79 Å². The molecule has 0 N–H and O–H groups in total. The molecule has 0 aliphatic heterocycles. The van der Waals surface area contributed by atoms with Crippen molar-refractivity contribution in [2.75, 3.05) is 0 Å². The van der Waals surface area contributed by atoms with E-state index in [-0.39, 0.29) is 5.91 Å². The molecule has 1 aromatic rings. The standard InChI is InChI=1S/C13H16N2O2/c1-2-10(8-14)13(16)15(11-5-6-11)9-12-4-3-7-17-12/h3-4,7,10-11H,2,5-6,9H2,1H3. The number of nitrogens with zero attached hydrogens (tertiary/aromatic N) is 2. The number of carbonyl (C=O) groups is 1. The lowest BCUT2D eigenvalue weighted by Gasteiger charge is -2.23. The van der Waals surface area contributed by atoms with Crippen molar-refractivity contribution in [3.63, 3.8) is 0 Å². The van der Waals surface area contributed by atoms with Gasteiger partial charge in [0.1, 0.15) is 11.7 Å². The molecular weight excluding hydrogens is 216 g/mol. The number of hydrogen-bond donors (Lipinski definition) is 0. The molecule has 1 aromatic heterocycles. The smallest absolute Gasteiger partial charge is 0.240 e. The summed E-state index contributed by atoms with van der Waals surface area (Å²) in [4.78, 5) is 14.0. The van der Waals surface area contributed by atoms with Gasteiger partial charge in [0, 0.05) is 6.04 Å². The summed E-state index contributed by atoms with van der Waals surface area (Å²) in [5.41, 5.74) is 0. The number of rotatable bonds is 5. The van der Waals surface area contributed by atoms with Gasteiger partial charge in [-0.15, -0.1) is 0 Å². The van der Waals surface area contributed by atoms with Crippen LogP contribution in [-0.2, 0) is 11.3 Å². The molecule has 1 fully saturated rings. The van der Waals surface area contributed by atoms with E-state index < -0.39 is 5.92 Å². The Kier molecular flexibility index (Phi) is 3.48. The first kappa shape index (κ1) is 11.7. The summed E-state index contributed by atoms with van der Waals surface area (Å²) in [5.74, 6) is 0.192. The number of amides is 1. The quantitative estimate of drug-likeness (QED) is 0.782. The van der Waals surface area contributed by atoms with Gasteiger partial charge in [0.2, 0.25) is 5.91 Å². The van der Waals surface area contributed by atoms with Gasteiger partial charge in [0.15, 0.2) is 0 Å². The second kappa shape index (κ2) is 5.05. The third-order valence-electron chi connectivity index (χ3n) is 3.04. The molecule has 1 aliphatic carbocycles. The fraction of sp³-hybridized carbons (Fsp3) is 0.538. The van der Waals surface area contributed by atoms with Crippen LogP contribution in [0.1, 0.15) is 31.9 Å². The SMILES string of the molecule is CCC(C#N)C(=O)N(Cc1ccco1)C1CC1. The van der Waals surface area contributed by atoms with Crippen molar-refractivity contribution in [3.05, 3.63) is 24.2 Å². The molecule has 1 heterocycles. The van der Waals surface area contributed by atoms with Gasteiger partial charge >= 0.3 is 0 Å². The molecule has 0 spiro atoms. The van der Waals surface area contributed by atoms with E-state index in [4.69, 9.17) is 9.68 Å². The third kappa shape index (κ3) is 2.68. The zero-order chi connectivity index (χ0) is 12.3. The highest BCUT2D eigenvalue weighted by Gasteiger charge is 2.35. The van der Waals surface area contributed by atoms with Crippen LogP contribution in [0.4, 0.5) is 0 Å². The van der Waals surface area contributed by atoms with Gasteiger partial charge in [0.05, 0.1) is 18.9 Å². The zero-order valence-electron chi connectivity index (χ0n) is 9.93. The minimum Gasteiger partial charge on any atom is -0.467 e. The molecule has 2 rings (SSSR count). The van der Waals surface area contributed by atoms with Crippen LogP contribution in [0.2, 0.25) is 0 Å². The van der Waals surface area contributed by atoms with E-state index in [2.05, 4.69) is 6.07 Å². The van der Waals surface area contributed by atoms with Gasteiger partial charge < -0.3 is 9.32 Å². The minimum absolute atomic E-state index is 0.0612. The van der Waals surface area contributed by atoms with Gasteiger partial charge in [-0.1, -0.05) is 6.92 Å². The lowest BCUT2D eigenvalue weighted by molar-refractivity contribution is -0.135. The fourth-order valence-corrected chi connectivity index (χ4v) is 1.86. The minimum atomic E-state index is -0.523. The number of furan rings is 1. The van der Waals surface area contributed by atoms with E-state index in [1.54, 1.807) is 11.2 Å². The van der Waals surface area contributed by atoms with Crippen molar-refractivity contribution in [2.45, 2.75) is 38.8 Å². The average molecular weight is 232 g/mol. The number of carbonyl (C=O) groups excluding carboxylic acids is 1. The predicted octanol–water partition coefficient (Wildman–Crippen LogP) is 2.32. The van der Waals surface area contributed by atoms with Crippen LogP contribution in [0.3, 0.4) is 0 Å². The van der Waals surface area contributed by atoms with Gasteiger partial charge in [-0.2, -0.15) is 5.26 Å². The average Bonchev–Trinajstić information content (AvgIpc) is 3.05. The monoisotopic (exact) mass is 232 g/mol. The Hall–Kier alpha value is -1.76. The maximum absolute atomic E-state index is 12.2. The first-order chi connectivity index (χ1) is 8.26. The van der Waals surface area contributed by atoms with Gasteiger partial charge in [0.25, 0.3) is 0 Å². The summed E-state index contributed by atoms with van der Waals surface area (Å²) in [7, 11) is 0. The maximum Gasteiger partial charge on any atom is 0.240 e. The molecule has 4 heteroatoms. The second-order valence-electron chi connectivity index (χ2n) is 4.37. The molecule has 90 valence electrons. The van der Waals surface area contributed by atoms with Crippen LogP contribution < -0.4 is 0 Å². The van der Waals surface area contributed by atoms with E-state index in [0.29, 0.717) is 19.0 Å². The van der Waals surface area contributed by atoms with E-state index >= 15 is 0 Å². The Morgan fingerprint density at radius 1 is 1.71 bits per heavy atom. The van der Waals surface area contributed by atoms with Crippen molar-refractivity contribution >= 4 is 5.91 Å². The highest BCUT2D eigenvalue weighted by Crippen LogP contribution is 2.30. The predicted molar refractivity (Wildman–Crippen MR) is 61.7 cm³/mol. The molecule has 4 nitrogen and oxygen atoms in total. The highest BCUT2D eigenvalue weighted by molar-refractivity contribution is 5.81. The molecule has 1 amide bonds. The normalized spacial score (nSPS) is 16.2. The van der Waals surface area contributed by atoms with Crippen molar-refractivity contribution < 1.29 is 9.21 Å². The molecule has 1 aliphatic rings. The summed E-state index contributed by atoms with van der Waals surface area (Å²) >= 11 is 0. The highest BCUT2D eigenvalue weighted by atomic mass is 16.3. The van der Waals surface area contributed by atoms with E-state index in [0.717, 1.165) is 18.6 Å². The number of nitriles is 1. The first-order valence-electron chi connectivity index (χ1n) is 5.98. The zero-order valence-corrected chi connectivity index (χ0v) is 9.93. The molecule has 0 aromatic carbocycles. The summed E-state index contributed by atoms with van der Waals surface area (Å²) in [5, 5.41) is 8.95. The maximum atomic E-state index is 12.2. The topological polar surface area (TPSA) is 57.2 Å². The van der Waals surface area contributed by atoms with Crippen LogP contribution in [0.15, 0.2) is 22.8 Å². The van der Waals surface area contributed by atoms with Crippen molar-refractivity contribution in [3.8, 4) is 6.07 Å². The van der Waals surface area contributed by atoms with E-state index in [1.165, 1.54) is 0 Å². The Morgan fingerprint density at radius 2 is 2.47 bits per heavy atom. The van der Waals surface area contributed by atoms with E-state index in [1.807, 2.05) is 19.1 Å². The molecule has 17 heavy (non-hydrogen) atoms. The molecule has 0 bridgehead atoms. The largest absolute Gasteiger partial charge is 0.467 e. The summed E-state index contributed by atoms with van der Waals surface area (Å²) in [6.45, 7) is 2.35. The molecular formula is C13H16N2O2. The molecule has 1 atom stereocenters. The molecule has 1 saturated carbocycles. The molecule has 0 radical (unpaired) electrons. The summed E-state index contributed by atoms with van der Waals surface area (Å²) in [6.07, 6.45) is 4.24. The van der Waals surface area contributed by atoms with Gasteiger partial charge in [-0.05, 0) is 31.4 Å². The van der Waals surface area contributed by atoms with Crippen LogP contribution in [-0.4, -0.2) is 16.8 Å². The third-order valence-corrected chi connectivity index (χ3v) is 3.04. The Bertz CT molecular complexity index is 415. The van der Waals surface area contributed by atoms with Crippen molar-refractivity contribution in [2.24, 2.45) is 5.92 Å². The van der Waals surface area contributed by atoms with Crippen LogP contribution in [0.5, 0.6) is 0 Å².